The van der Waals surface area contributed by atoms with Gasteiger partial charge >= 0.3 is 8.56 Å². The molecule has 0 aromatic heterocycles. The van der Waals surface area contributed by atoms with Crippen LogP contribution in [0.3, 0.4) is 0 Å². The summed E-state index contributed by atoms with van der Waals surface area (Å²) in [4.78, 5) is 66.2. The molecule has 0 unspecified atom stereocenters. The first kappa shape index (κ1) is 17.6. The topological polar surface area (TPSA) is 112 Å². The van der Waals surface area contributed by atoms with E-state index in [1.54, 1.807) is 6.92 Å². The first-order valence-electron chi connectivity index (χ1n) is 5.69. The van der Waals surface area contributed by atoms with Gasteiger partial charge < -0.3 is 0 Å². The summed E-state index contributed by atoms with van der Waals surface area (Å²) >= 11 is 0. The third-order valence-corrected chi connectivity index (χ3v) is 6.93. The molecule has 0 saturated heterocycles. The van der Waals surface area contributed by atoms with Gasteiger partial charge in [-0.05, 0) is 0 Å². The van der Waals surface area contributed by atoms with Crippen molar-refractivity contribution in [3.63, 3.8) is 0 Å². The number of carbonyl (C=O) groups excluding carboxylic acids is 6. The molecule has 0 aromatic rings. The van der Waals surface area contributed by atoms with E-state index in [2.05, 4.69) is 0 Å². The highest BCUT2D eigenvalue weighted by molar-refractivity contribution is 6.81. The van der Waals surface area contributed by atoms with Crippen molar-refractivity contribution in [1.82, 2.24) is 13.7 Å². The van der Waals surface area contributed by atoms with Crippen molar-refractivity contribution in [2.24, 2.45) is 0 Å². The Bertz CT molecular complexity index is 317. The SMILES string of the molecule is CCCC[Si](N(C=O)C=O)(N(C=O)C=O)N(C=O)C=O. The number of hydrogen-bond donors (Lipinski definition) is 0. The Kier molecular flexibility index (Phi) is 7.66. The van der Waals surface area contributed by atoms with Crippen LogP contribution in [0.5, 0.6) is 0 Å². The average molecular weight is 301 g/mol. The number of amides is 6. The van der Waals surface area contributed by atoms with E-state index in [1.807, 2.05) is 0 Å². The molecule has 0 aromatic carbocycles. The minimum atomic E-state index is -3.91. The van der Waals surface area contributed by atoms with Crippen molar-refractivity contribution in [3.05, 3.63) is 0 Å². The van der Waals surface area contributed by atoms with Gasteiger partial charge in [0.2, 0.25) is 38.5 Å². The molecule has 0 aliphatic carbocycles. The molecule has 10 heteroatoms. The van der Waals surface area contributed by atoms with Crippen LogP contribution in [0.25, 0.3) is 0 Å². The molecule has 0 aliphatic rings. The highest BCUT2D eigenvalue weighted by atomic mass is 28.4. The summed E-state index contributed by atoms with van der Waals surface area (Å²) in [5, 5.41) is 0. The summed E-state index contributed by atoms with van der Waals surface area (Å²) in [5.74, 6) is 0. The molecule has 110 valence electrons. The lowest BCUT2D eigenvalue weighted by Crippen LogP contribution is -2.73. The van der Waals surface area contributed by atoms with Gasteiger partial charge in [-0.15, -0.1) is 0 Å². The van der Waals surface area contributed by atoms with Crippen molar-refractivity contribution < 1.29 is 28.8 Å². The standard InChI is InChI=1S/C10H15N3O6Si/c1-2-3-4-20(11(5-14)6-15,12(7-16)8-17)13(9-18)10-19/h5-10H,2-4H2,1H3. The lowest BCUT2D eigenvalue weighted by Gasteiger charge is -2.42. The van der Waals surface area contributed by atoms with Crippen molar-refractivity contribution in [3.8, 4) is 0 Å². The van der Waals surface area contributed by atoms with Gasteiger partial charge in [-0.3, -0.25) is 42.5 Å². The molecular weight excluding hydrogens is 286 g/mol. The lowest BCUT2D eigenvalue weighted by atomic mass is 10.4. The van der Waals surface area contributed by atoms with E-state index < -0.39 is 8.56 Å². The Morgan fingerprint density at radius 3 is 1.20 bits per heavy atom. The lowest BCUT2D eigenvalue weighted by molar-refractivity contribution is -0.130. The highest BCUT2D eigenvalue weighted by Gasteiger charge is 2.52. The van der Waals surface area contributed by atoms with Crippen LogP contribution >= 0.6 is 0 Å². The van der Waals surface area contributed by atoms with E-state index >= 15 is 0 Å². The Hall–Kier alpha value is -2.36. The number of hydrogen-bond acceptors (Lipinski definition) is 6. The Labute approximate surface area is 116 Å². The minimum absolute atomic E-state index is 0.00403. The summed E-state index contributed by atoms with van der Waals surface area (Å²) < 4.78 is 1.57. The molecule has 0 fully saturated rings. The van der Waals surface area contributed by atoms with E-state index in [0.29, 0.717) is 26.5 Å². The van der Waals surface area contributed by atoms with Gasteiger partial charge in [0, 0.05) is 6.04 Å². The smallest absolute Gasteiger partial charge is 0.279 e. The maximum Gasteiger partial charge on any atom is 0.405 e. The van der Waals surface area contributed by atoms with Gasteiger partial charge in [0.15, 0.2) is 0 Å². The Morgan fingerprint density at radius 1 is 0.700 bits per heavy atom. The first-order valence-corrected chi connectivity index (χ1v) is 7.74. The molecule has 0 bridgehead atoms. The van der Waals surface area contributed by atoms with Gasteiger partial charge in [-0.2, -0.15) is 0 Å². The molecule has 0 aliphatic heterocycles. The van der Waals surface area contributed by atoms with Crippen LogP contribution in [0, 0.1) is 0 Å². The maximum absolute atomic E-state index is 11.0. The highest BCUT2D eigenvalue weighted by Crippen LogP contribution is 2.22. The fraction of sp³-hybridized carbons (Fsp3) is 0.400. The summed E-state index contributed by atoms with van der Waals surface area (Å²) in [6.07, 6.45) is 1.56. The van der Waals surface area contributed by atoms with Crippen LogP contribution in [0.2, 0.25) is 6.04 Å². The summed E-state index contributed by atoms with van der Waals surface area (Å²) in [6, 6.07) is -0.00403. The van der Waals surface area contributed by atoms with Gasteiger partial charge in [-0.25, -0.2) is 0 Å². The van der Waals surface area contributed by atoms with Gasteiger partial charge in [0.1, 0.15) is 0 Å². The van der Waals surface area contributed by atoms with Gasteiger partial charge in [0.05, 0.1) is 0 Å². The molecule has 0 rings (SSSR count). The normalized spacial score (nSPS) is 10.1. The van der Waals surface area contributed by atoms with Crippen LogP contribution in [0.1, 0.15) is 19.8 Å². The quantitative estimate of drug-likeness (QED) is 0.323. The summed E-state index contributed by atoms with van der Waals surface area (Å²) in [5.41, 5.74) is 0. The second kappa shape index (κ2) is 8.69. The summed E-state index contributed by atoms with van der Waals surface area (Å²) in [7, 11) is -3.91. The van der Waals surface area contributed by atoms with Crippen LogP contribution < -0.4 is 0 Å². The fourth-order valence-corrected chi connectivity index (χ4v) is 5.20. The summed E-state index contributed by atoms with van der Waals surface area (Å²) in [6.45, 7) is 1.80. The largest absolute Gasteiger partial charge is 0.405 e. The van der Waals surface area contributed by atoms with Crippen molar-refractivity contribution >= 4 is 47.0 Å². The van der Waals surface area contributed by atoms with Crippen molar-refractivity contribution in [2.75, 3.05) is 0 Å². The number of imide groups is 3. The molecule has 9 nitrogen and oxygen atoms in total. The van der Waals surface area contributed by atoms with E-state index in [0.717, 1.165) is 0 Å². The molecule has 0 spiro atoms. The molecule has 0 atom stereocenters. The molecule has 20 heavy (non-hydrogen) atoms. The molecule has 0 N–H and O–H groups in total. The predicted molar refractivity (Wildman–Crippen MR) is 67.4 cm³/mol. The number of carbonyl (C=O) groups is 6. The van der Waals surface area contributed by atoms with Crippen molar-refractivity contribution in [1.29, 1.82) is 0 Å². The van der Waals surface area contributed by atoms with Crippen LogP contribution in [0.15, 0.2) is 0 Å². The first-order chi connectivity index (χ1) is 9.62. The van der Waals surface area contributed by atoms with Gasteiger partial charge in [0.25, 0.3) is 0 Å². The number of unbranched alkanes of at least 4 members (excludes halogenated alkanes) is 1. The average Bonchev–Trinajstić information content (AvgIpc) is 2.48. The number of rotatable bonds is 12. The van der Waals surface area contributed by atoms with Crippen molar-refractivity contribution in [2.45, 2.75) is 25.8 Å². The predicted octanol–water partition coefficient (Wildman–Crippen LogP) is -1.43. The second-order valence-corrected chi connectivity index (χ2v) is 7.33. The minimum Gasteiger partial charge on any atom is -0.279 e. The molecule has 6 amide bonds. The Morgan fingerprint density at radius 2 is 1.00 bits per heavy atom. The zero-order valence-electron chi connectivity index (χ0n) is 10.9. The second-order valence-electron chi connectivity index (χ2n) is 3.73. The zero-order chi connectivity index (χ0) is 15.6. The van der Waals surface area contributed by atoms with Crippen LogP contribution in [-0.4, -0.2) is 60.7 Å². The van der Waals surface area contributed by atoms with Crippen LogP contribution in [0.4, 0.5) is 0 Å². The van der Waals surface area contributed by atoms with E-state index in [9.17, 15) is 28.8 Å². The molecule has 0 saturated carbocycles. The Balaban J connectivity index is 6.09. The third kappa shape index (κ3) is 3.15. The monoisotopic (exact) mass is 301 g/mol. The van der Waals surface area contributed by atoms with E-state index in [1.165, 1.54) is 0 Å². The number of nitrogens with zero attached hydrogens (tertiary/aromatic N) is 3. The van der Waals surface area contributed by atoms with E-state index in [4.69, 9.17) is 0 Å². The molecule has 0 radical (unpaired) electrons. The van der Waals surface area contributed by atoms with Crippen LogP contribution in [-0.2, 0) is 28.8 Å². The molecular formula is C10H15N3O6Si. The molecule has 0 heterocycles. The van der Waals surface area contributed by atoms with Gasteiger partial charge in [-0.1, -0.05) is 19.8 Å². The fourth-order valence-electron chi connectivity index (χ4n) is 1.78. The third-order valence-electron chi connectivity index (χ3n) is 2.79. The zero-order valence-corrected chi connectivity index (χ0v) is 11.9. The maximum atomic E-state index is 11.0. The van der Waals surface area contributed by atoms with E-state index in [-0.39, 0.29) is 44.5 Å².